The molecule has 0 amide bonds. The van der Waals surface area contributed by atoms with E-state index in [2.05, 4.69) is 9.97 Å². The number of hydrogen-bond donors (Lipinski definition) is 1. The second-order valence-corrected chi connectivity index (χ2v) is 5.10. The first-order chi connectivity index (χ1) is 8.83. The van der Waals surface area contributed by atoms with Gasteiger partial charge in [-0.15, -0.1) is 11.3 Å². The Kier molecular flexibility index (Phi) is 3.04. The maximum Gasteiger partial charge on any atom is 0.0845 e. The van der Waals surface area contributed by atoms with Crippen LogP contribution in [0, 0.1) is 0 Å². The van der Waals surface area contributed by atoms with E-state index in [1.807, 2.05) is 29.6 Å². The summed E-state index contributed by atoms with van der Waals surface area (Å²) in [6.07, 6.45) is 5.29. The molecule has 4 heteroatoms. The van der Waals surface area contributed by atoms with E-state index in [1.54, 1.807) is 29.9 Å². The summed E-state index contributed by atoms with van der Waals surface area (Å²) in [5, 5.41) is 12.2. The predicted octanol–water partition coefficient (Wildman–Crippen LogP) is 2.97. The summed E-state index contributed by atoms with van der Waals surface area (Å²) in [6, 6.07) is 7.83. The van der Waals surface area contributed by atoms with Crippen molar-refractivity contribution in [1.82, 2.24) is 9.97 Å². The van der Waals surface area contributed by atoms with Crippen LogP contribution in [0.15, 0.2) is 48.2 Å². The van der Waals surface area contributed by atoms with E-state index >= 15 is 0 Å². The minimum atomic E-state index is -0.522. The average Bonchev–Trinajstić information content (AvgIpc) is 2.87. The predicted molar refractivity (Wildman–Crippen MR) is 72.5 cm³/mol. The zero-order chi connectivity index (χ0) is 12.4. The highest BCUT2D eigenvalue weighted by atomic mass is 32.1. The SMILES string of the molecule is OC(Cc1ccncc1)c1cnc2ccsc2c1. The summed E-state index contributed by atoms with van der Waals surface area (Å²) >= 11 is 1.64. The molecular weight excluding hydrogens is 244 g/mol. The molecule has 90 valence electrons. The molecule has 0 saturated carbocycles. The Morgan fingerprint density at radius 1 is 1.22 bits per heavy atom. The van der Waals surface area contributed by atoms with Gasteiger partial charge in [-0.2, -0.15) is 0 Å². The van der Waals surface area contributed by atoms with Gasteiger partial charge in [0.05, 0.1) is 16.3 Å². The molecule has 3 aromatic rings. The fraction of sp³-hybridized carbons (Fsp3) is 0.143. The Labute approximate surface area is 109 Å². The lowest BCUT2D eigenvalue weighted by atomic mass is 10.0. The summed E-state index contributed by atoms with van der Waals surface area (Å²) in [6.45, 7) is 0. The van der Waals surface area contributed by atoms with Crippen LogP contribution in [0.25, 0.3) is 10.2 Å². The van der Waals surface area contributed by atoms with E-state index in [0.29, 0.717) is 6.42 Å². The number of pyridine rings is 2. The van der Waals surface area contributed by atoms with Crippen LogP contribution in [0.5, 0.6) is 0 Å². The van der Waals surface area contributed by atoms with E-state index in [9.17, 15) is 5.11 Å². The number of fused-ring (bicyclic) bond motifs is 1. The van der Waals surface area contributed by atoms with E-state index < -0.39 is 6.10 Å². The largest absolute Gasteiger partial charge is 0.388 e. The monoisotopic (exact) mass is 256 g/mol. The molecule has 3 nitrogen and oxygen atoms in total. The normalized spacial score (nSPS) is 12.7. The average molecular weight is 256 g/mol. The van der Waals surface area contributed by atoms with Crippen molar-refractivity contribution in [3.63, 3.8) is 0 Å². The number of rotatable bonds is 3. The van der Waals surface area contributed by atoms with Crippen molar-refractivity contribution in [3.8, 4) is 0 Å². The second kappa shape index (κ2) is 4.84. The van der Waals surface area contributed by atoms with Gasteiger partial charge in [-0.05, 0) is 35.2 Å². The molecule has 1 unspecified atom stereocenters. The lowest BCUT2D eigenvalue weighted by Gasteiger charge is -2.10. The zero-order valence-corrected chi connectivity index (χ0v) is 10.5. The smallest absolute Gasteiger partial charge is 0.0845 e. The van der Waals surface area contributed by atoms with Crippen molar-refractivity contribution < 1.29 is 5.11 Å². The number of nitrogens with zero attached hydrogens (tertiary/aromatic N) is 2. The van der Waals surface area contributed by atoms with Crippen molar-refractivity contribution in [1.29, 1.82) is 0 Å². The quantitative estimate of drug-likeness (QED) is 0.783. The molecule has 0 saturated heterocycles. The highest BCUT2D eigenvalue weighted by Crippen LogP contribution is 2.24. The first kappa shape index (κ1) is 11.3. The summed E-state index contributed by atoms with van der Waals surface area (Å²) in [4.78, 5) is 8.31. The van der Waals surface area contributed by atoms with Gasteiger partial charge in [0.2, 0.25) is 0 Å². The van der Waals surface area contributed by atoms with Crippen LogP contribution in [0.1, 0.15) is 17.2 Å². The van der Waals surface area contributed by atoms with Crippen molar-refractivity contribution in [2.24, 2.45) is 0 Å². The molecule has 0 spiro atoms. The van der Waals surface area contributed by atoms with Gasteiger partial charge in [0, 0.05) is 30.6 Å². The van der Waals surface area contributed by atoms with Crippen molar-refractivity contribution in [2.45, 2.75) is 12.5 Å². The third kappa shape index (κ3) is 2.25. The molecule has 0 aliphatic carbocycles. The van der Waals surface area contributed by atoms with Crippen molar-refractivity contribution in [3.05, 3.63) is 59.4 Å². The minimum Gasteiger partial charge on any atom is -0.388 e. The summed E-state index contributed by atoms with van der Waals surface area (Å²) < 4.78 is 1.11. The minimum absolute atomic E-state index is 0.522. The number of aromatic nitrogens is 2. The standard InChI is InChI=1S/C14H12N2OS/c17-13(7-10-1-4-15-5-2-10)11-8-14-12(16-9-11)3-6-18-14/h1-6,8-9,13,17H,7H2. The molecule has 1 N–H and O–H groups in total. The summed E-state index contributed by atoms with van der Waals surface area (Å²) in [5.41, 5.74) is 2.92. The van der Waals surface area contributed by atoms with E-state index in [0.717, 1.165) is 21.3 Å². The number of hydrogen-bond acceptors (Lipinski definition) is 4. The van der Waals surface area contributed by atoms with Gasteiger partial charge in [-0.3, -0.25) is 9.97 Å². The van der Waals surface area contributed by atoms with Crippen LogP contribution < -0.4 is 0 Å². The van der Waals surface area contributed by atoms with Gasteiger partial charge in [-0.25, -0.2) is 0 Å². The Morgan fingerprint density at radius 2 is 2.06 bits per heavy atom. The Hall–Kier alpha value is -1.78. The van der Waals surface area contributed by atoms with E-state index in [-0.39, 0.29) is 0 Å². The Morgan fingerprint density at radius 3 is 2.89 bits per heavy atom. The van der Waals surface area contributed by atoms with Crippen molar-refractivity contribution in [2.75, 3.05) is 0 Å². The molecule has 0 fully saturated rings. The van der Waals surface area contributed by atoms with Crippen LogP contribution in [0.3, 0.4) is 0 Å². The molecule has 0 aliphatic heterocycles. The first-order valence-corrected chi connectivity index (χ1v) is 6.61. The number of thiophene rings is 1. The molecule has 3 heterocycles. The fourth-order valence-electron chi connectivity index (χ4n) is 1.90. The van der Waals surface area contributed by atoms with Gasteiger partial charge in [0.1, 0.15) is 0 Å². The highest BCUT2D eigenvalue weighted by Gasteiger charge is 2.10. The lowest BCUT2D eigenvalue weighted by Crippen LogP contribution is -2.02. The Bertz CT molecular complexity index is 651. The molecule has 0 aliphatic rings. The van der Waals surface area contributed by atoms with Gasteiger partial charge in [0.25, 0.3) is 0 Å². The van der Waals surface area contributed by atoms with E-state index in [1.165, 1.54) is 0 Å². The molecule has 3 aromatic heterocycles. The second-order valence-electron chi connectivity index (χ2n) is 4.15. The number of aliphatic hydroxyl groups excluding tert-OH is 1. The van der Waals surface area contributed by atoms with Gasteiger partial charge in [-0.1, -0.05) is 0 Å². The number of aliphatic hydroxyl groups is 1. The maximum atomic E-state index is 10.2. The summed E-state index contributed by atoms with van der Waals surface area (Å²) in [5.74, 6) is 0. The lowest BCUT2D eigenvalue weighted by molar-refractivity contribution is 0.178. The molecule has 0 bridgehead atoms. The van der Waals surface area contributed by atoms with Crippen molar-refractivity contribution >= 4 is 21.6 Å². The highest BCUT2D eigenvalue weighted by molar-refractivity contribution is 7.17. The van der Waals surface area contributed by atoms with Crippen LogP contribution in [-0.4, -0.2) is 15.1 Å². The van der Waals surface area contributed by atoms with Crippen LogP contribution in [0.4, 0.5) is 0 Å². The van der Waals surface area contributed by atoms with Gasteiger partial charge >= 0.3 is 0 Å². The first-order valence-electron chi connectivity index (χ1n) is 5.73. The molecule has 0 radical (unpaired) electrons. The Balaban J connectivity index is 1.85. The molecule has 3 rings (SSSR count). The molecular formula is C14H12N2OS. The van der Waals surface area contributed by atoms with E-state index in [4.69, 9.17) is 0 Å². The van der Waals surface area contributed by atoms with Crippen LogP contribution >= 0.6 is 11.3 Å². The fourth-order valence-corrected chi connectivity index (χ4v) is 2.69. The zero-order valence-electron chi connectivity index (χ0n) is 9.65. The summed E-state index contributed by atoms with van der Waals surface area (Å²) in [7, 11) is 0. The molecule has 18 heavy (non-hydrogen) atoms. The van der Waals surface area contributed by atoms with Gasteiger partial charge in [0.15, 0.2) is 0 Å². The maximum absolute atomic E-state index is 10.2. The van der Waals surface area contributed by atoms with Crippen LogP contribution in [-0.2, 0) is 6.42 Å². The molecule has 0 aromatic carbocycles. The van der Waals surface area contributed by atoms with Crippen LogP contribution in [0.2, 0.25) is 0 Å². The molecule has 1 atom stereocenters. The topological polar surface area (TPSA) is 46.0 Å². The third-order valence-electron chi connectivity index (χ3n) is 2.89. The van der Waals surface area contributed by atoms with Gasteiger partial charge < -0.3 is 5.11 Å². The third-order valence-corrected chi connectivity index (χ3v) is 3.74.